The Hall–Kier alpha value is -2.09. The summed E-state index contributed by atoms with van der Waals surface area (Å²) >= 11 is 0. The van der Waals surface area contributed by atoms with Gasteiger partial charge >= 0.3 is 0 Å². The van der Waals surface area contributed by atoms with Crippen LogP contribution < -0.4 is 0 Å². The van der Waals surface area contributed by atoms with E-state index in [0.717, 1.165) is 11.4 Å². The van der Waals surface area contributed by atoms with E-state index in [1.165, 1.54) is 5.56 Å². The average molecular weight is 211 g/mol. The van der Waals surface area contributed by atoms with E-state index in [-0.39, 0.29) is 0 Å². The molecule has 0 spiro atoms. The van der Waals surface area contributed by atoms with E-state index in [9.17, 15) is 0 Å². The maximum absolute atomic E-state index is 5.15. The van der Waals surface area contributed by atoms with Crippen LogP contribution in [0.15, 0.2) is 58.1 Å². The van der Waals surface area contributed by atoms with Gasteiger partial charge in [0, 0.05) is 6.21 Å². The maximum atomic E-state index is 5.15. The lowest BCUT2D eigenvalue weighted by atomic mass is 10.2. The molecule has 0 radical (unpaired) electrons. The van der Waals surface area contributed by atoms with Crippen LogP contribution >= 0.6 is 0 Å². The first-order valence-electron chi connectivity index (χ1n) is 5.15. The predicted octanol–water partition coefficient (Wildman–Crippen LogP) is 4.00. The Morgan fingerprint density at radius 2 is 1.94 bits per heavy atom. The van der Waals surface area contributed by atoms with E-state index in [2.05, 4.69) is 11.9 Å². The number of allylic oxidation sites excluding steroid dienone is 1. The molecule has 2 nitrogen and oxygen atoms in total. The second-order valence-electron chi connectivity index (χ2n) is 3.49. The zero-order valence-electron chi connectivity index (χ0n) is 9.13. The maximum Gasteiger partial charge on any atom is 0.126 e. The SMILES string of the molecule is Cc1ccc(N=C/C=C/c2ccco2)cc1. The van der Waals surface area contributed by atoms with Crippen molar-refractivity contribution in [2.75, 3.05) is 0 Å². The van der Waals surface area contributed by atoms with E-state index >= 15 is 0 Å². The van der Waals surface area contributed by atoms with Crippen molar-refractivity contribution in [3.05, 3.63) is 60.1 Å². The zero-order valence-corrected chi connectivity index (χ0v) is 9.13. The molecule has 0 fully saturated rings. The van der Waals surface area contributed by atoms with Crippen LogP contribution in [0.1, 0.15) is 11.3 Å². The highest BCUT2D eigenvalue weighted by Crippen LogP contribution is 2.11. The quantitative estimate of drug-likeness (QED) is 0.704. The summed E-state index contributed by atoms with van der Waals surface area (Å²) in [5.74, 6) is 0.829. The molecule has 0 aliphatic carbocycles. The summed E-state index contributed by atoms with van der Waals surface area (Å²) in [4.78, 5) is 4.29. The molecule has 2 rings (SSSR count). The molecule has 0 aliphatic rings. The van der Waals surface area contributed by atoms with Gasteiger partial charge in [0.2, 0.25) is 0 Å². The van der Waals surface area contributed by atoms with Gasteiger partial charge in [0.05, 0.1) is 12.0 Å². The molecule has 0 atom stereocenters. The van der Waals surface area contributed by atoms with Crippen LogP contribution in [0.4, 0.5) is 5.69 Å². The third-order valence-corrected chi connectivity index (χ3v) is 2.15. The molecule has 1 aromatic heterocycles. The molecule has 1 aromatic carbocycles. The zero-order chi connectivity index (χ0) is 11.2. The highest BCUT2D eigenvalue weighted by atomic mass is 16.3. The predicted molar refractivity (Wildman–Crippen MR) is 67.1 cm³/mol. The van der Waals surface area contributed by atoms with E-state index in [1.54, 1.807) is 12.5 Å². The summed E-state index contributed by atoms with van der Waals surface area (Å²) in [6.07, 6.45) is 7.14. The van der Waals surface area contributed by atoms with Crippen LogP contribution in [0.25, 0.3) is 6.08 Å². The first kappa shape index (κ1) is 10.4. The third kappa shape index (κ3) is 2.95. The minimum absolute atomic E-state index is 0.829. The van der Waals surface area contributed by atoms with E-state index < -0.39 is 0 Å². The van der Waals surface area contributed by atoms with Gasteiger partial charge in [0.1, 0.15) is 5.76 Å². The molecule has 0 N–H and O–H groups in total. The summed E-state index contributed by atoms with van der Waals surface area (Å²) in [7, 11) is 0. The van der Waals surface area contributed by atoms with Gasteiger partial charge in [-0.1, -0.05) is 17.7 Å². The summed E-state index contributed by atoms with van der Waals surface area (Å²) in [5, 5.41) is 0. The fraction of sp³-hybridized carbons (Fsp3) is 0.0714. The molecule has 2 heteroatoms. The lowest BCUT2D eigenvalue weighted by Gasteiger charge is -1.92. The number of hydrogen-bond acceptors (Lipinski definition) is 2. The second-order valence-corrected chi connectivity index (χ2v) is 3.49. The highest BCUT2D eigenvalue weighted by molar-refractivity contribution is 5.79. The Morgan fingerprint density at radius 1 is 1.12 bits per heavy atom. The van der Waals surface area contributed by atoms with Gasteiger partial charge in [-0.25, -0.2) is 0 Å². The third-order valence-electron chi connectivity index (χ3n) is 2.15. The summed E-state index contributed by atoms with van der Waals surface area (Å²) in [5.41, 5.74) is 2.19. The number of hydrogen-bond donors (Lipinski definition) is 0. The molecule has 0 saturated heterocycles. The first-order valence-corrected chi connectivity index (χ1v) is 5.15. The van der Waals surface area contributed by atoms with Crippen molar-refractivity contribution in [1.29, 1.82) is 0 Å². The van der Waals surface area contributed by atoms with Crippen molar-refractivity contribution in [2.45, 2.75) is 6.92 Å². The van der Waals surface area contributed by atoms with Crippen molar-refractivity contribution >= 4 is 18.0 Å². The largest absolute Gasteiger partial charge is 0.465 e. The molecule has 0 saturated carbocycles. The summed E-state index contributed by atoms with van der Waals surface area (Å²) < 4.78 is 5.15. The Labute approximate surface area is 94.9 Å². The van der Waals surface area contributed by atoms with Gasteiger partial charge in [-0.15, -0.1) is 0 Å². The lowest BCUT2D eigenvalue weighted by Crippen LogP contribution is -1.70. The number of aliphatic imine (C=N–C) groups is 1. The average Bonchev–Trinajstić information content (AvgIpc) is 2.80. The van der Waals surface area contributed by atoms with E-state index in [4.69, 9.17) is 4.42 Å². The number of rotatable bonds is 3. The number of nitrogens with zero attached hydrogens (tertiary/aromatic N) is 1. The monoisotopic (exact) mass is 211 g/mol. The molecular weight excluding hydrogens is 198 g/mol. The molecule has 0 aliphatic heterocycles. The Balaban J connectivity index is 1.97. The molecule has 0 unspecified atom stereocenters. The van der Waals surface area contributed by atoms with Gasteiger partial charge in [-0.3, -0.25) is 4.99 Å². The van der Waals surface area contributed by atoms with Crippen LogP contribution in [-0.2, 0) is 0 Å². The lowest BCUT2D eigenvalue weighted by molar-refractivity contribution is 0.557. The van der Waals surface area contributed by atoms with Gasteiger partial charge in [0.25, 0.3) is 0 Å². The normalized spacial score (nSPS) is 11.6. The minimum Gasteiger partial charge on any atom is -0.465 e. The molecule has 16 heavy (non-hydrogen) atoms. The fourth-order valence-electron chi connectivity index (χ4n) is 1.28. The smallest absolute Gasteiger partial charge is 0.126 e. The van der Waals surface area contributed by atoms with Gasteiger partial charge < -0.3 is 4.42 Å². The Kier molecular flexibility index (Phi) is 3.34. The number of aryl methyl sites for hydroxylation is 1. The number of furan rings is 1. The van der Waals surface area contributed by atoms with E-state index in [0.29, 0.717) is 0 Å². The molecule has 80 valence electrons. The van der Waals surface area contributed by atoms with Crippen molar-refractivity contribution in [3.8, 4) is 0 Å². The molecule has 1 heterocycles. The van der Waals surface area contributed by atoms with Gasteiger partial charge in [-0.05, 0) is 43.3 Å². The summed E-state index contributed by atoms with van der Waals surface area (Å²) in [6.45, 7) is 2.06. The highest BCUT2D eigenvalue weighted by Gasteiger charge is 1.86. The minimum atomic E-state index is 0.829. The van der Waals surface area contributed by atoms with Crippen molar-refractivity contribution in [2.24, 2.45) is 4.99 Å². The van der Waals surface area contributed by atoms with Gasteiger partial charge in [-0.2, -0.15) is 0 Å². The standard InChI is InChI=1S/C14H13NO/c1-12-6-8-13(9-7-12)15-10-2-4-14-5-3-11-16-14/h2-11H,1H3/b4-2+,15-10?. The first-order chi connectivity index (χ1) is 7.84. The molecule has 2 aromatic rings. The molecule has 0 bridgehead atoms. The number of benzene rings is 1. The van der Waals surface area contributed by atoms with E-state index in [1.807, 2.05) is 48.6 Å². The summed E-state index contributed by atoms with van der Waals surface area (Å²) in [6, 6.07) is 11.8. The molecular formula is C14H13NO. The van der Waals surface area contributed by atoms with Crippen LogP contribution in [0, 0.1) is 6.92 Å². The second kappa shape index (κ2) is 5.12. The fourth-order valence-corrected chi connectivity index (χ4v) is 1.28. The Morgan fingerprint density at radius 3 is 2.62 bits per heavy atom. The van der Waals surface area contributed by atoms with Crippen LogP contribution in [0.3, 0.4) is 0 Å². The van der Waals surface area contributed by atoms with Gasteiger partial charge in [0.15, 0.2) is 0 Å². The van der Waals surface area contributed by atoms with Crippen molar-refractivity contribution in [1.82, 2.24) is 0 Å². The van der Waals surface area contributed by atoms with Crippen molar-refractivity contribution in [3.63, 3.8) is 0 Å². The Bertz CT molecular complexity index is 478. The van der Waals surface area contributed by atoms with Crippen LogP contribution in [0.5, 0.6) is 0 Å². The van der Waals surface area contributed by atoms with Crippen LogP contribution in [0.2, 0.25) is 0 Å². The topological polar surface area (TPSA) is 25.5 Å². The van der Waals surface area contributed by atoms with Crippen molar-refractivity contribution < 1.29 is 4.42 Å². The van der Waals surface area contributed by atoms with Crippen LogP contribution in [-0.4, -0.2) is 6.21 Å². The molecule has 0 amide bonds.